The molecule has 0 aromatic heterocycles. The van der Waals surface area contributed by atoms with Gasteiger partial charge < -0.3 is 15.0 Å². The van der Waals surface area contributed by atoms with Crippen LogP contribution in [0.15, 0.2) is 48.5 Å². The Hall–Kier alpha value is -2.53. The maximum Gasteiger partial charge on any atom is 0.225 e. The molecule has 0 atom stereocenters. The molecule has 0 unspecified atom stereocenters. The second kappa shape index (κ2) is 9.42. The van der Waals surface area contributed by atoms with Crippen molar-refractivity contribution in [2.75, 3.05) is 50.1 Å². The van der Waals surface area contributed by atoms with Crippen LogP contribution in [0, 0.1) is 0 Å². The van der Waals surface area contributed by atoms with Gasteiger partial charge in [0.15, 0.2) is 0 Å². The number of carbonyl (C=O) groups is 1. The Morgan fingerprint density at radius 3 is 2.41 bits per heavy atom. The highest BCUT2D eigenvalue weighted by atomic mass is 16.5. The fourth-order valence-electron chi connectivity index (χ4n) is 3.41. The highest BCUT2D eigenvalue weighted by Crippen LogP contribution is 2.28. The molecule has 0 radical (unpaired) electrons. The zero-order chi connectivity index (χ0) is 19.1. The number of ether oxygens (including phenoxy) is 1. The zero-order valence-corrected chi connectivity index (χ0v) is 16.3. The van der Waals surface area contributed by atoms with Crippen molar-refractivity contribution >= 4 is 17.3 Å². The van der Waals surface area contributed by atoms with Crippen molar-refractivity contribution in [3.8, 4) is 5.75 Å². The third kappa shape index (κ3) is 5.23. The molecule has 1 N–H and O–H groups in total. The van der Waals surface area contributed by atoms with Gasteiger partial charge in [0, 0.05) is 44.8 Å². The first-order chi connectivity index (χ1) is 13.2. The van der Waals surface area contributed by atoms with E-state index in [0.29, 0.717) is 6.42 Å². The van der Waals surface area contributed by atoms with E-state index in [9.17, 15) is 4.79 Å². The number of aryl methyl sites for hydroxylation is 1. The summed E-state index contributed by atoms with van der Waals surface area (Å²) >= 11 is 0. The second-order valence-electron chi connectivity index (χ2n) is 6.85. The Bertz CT molecular complexity index is 737. The average Bonchev–Trinajstić information content (AvgIpc) is 2.73. The number of benzene rings is 2. The molecule has 1 aliphatic rings. The smallest absolute Gasteiger partial charge is 0.225 e. The van der Waals surface area contributed by atoms with Crippen LogP contribution in [0.25, 0.3) is 0 Å². The molecule has 2 aromatic carbocycles. The Kier molecular flexibility index (Phi) is 6.71. The van der Waals surface area contributed by atoms with E-state index in [-0.39, 0.29) is 5.91 Å². The number of rotatable bonds is 7. The molecular weight excluding hydrogens is 338 g/mol. The minimum absolute atomic E-state index is 0.0754. The zero-order valence-electron chi connectivity index (χ0n) is 16.3. The van der Waals surface area contributed by atoms with Gasteiger partial charge in [-0.05, 0) is 36.2 Å². The van der Waals surface area contributed by atoms with Crippen LogP contribution >= 0.6 is 0 Å². The molecule has 27 heavy (non-hydrogen) atoms. The summed E-state index contributed by atoms with van der Waals surface area (Å²) < 4.78 is 5.47. The van der Waals surface area contributed by atoms with Gasteiger partial charge in [-0.25, -0.2) is 0 Å². The van der Waals surface area contributed by atoms with Crippen LogP contribution in [-0.4, -0.2) is 50.6 Å². The van der Waals surface area contributed by atoms with Crippen LogP contribution in [-0.2, 0) is 11.2 Å². The molecule has 1 heterocycles. The number of piperazine rings is 1. The molecule has 0 spiro atoms. The highest BCUT2D eigenvalue weighted by Gasteiger charge is 2.19. The van der Waals surface area contributed by atoms with E-state index in [1.165, 1.54) is 5.56 Å². The number of methoxy groups -OCH3 is 1. The summed E-state index contributed by atoms with van der Waals surface area (Å²) in [5, 5.41) is 2.99. The van der Waals surface area contributed by atoms with E-state index in [2.05, 4.69) is 40.2 Å². The highest BCUT2D eigenvalue weighted by molar-refractivity contribution is 5.90. The third-order valence-electron chi connectivity index (χ3n) is 5.10. The quantitative estimate of drug-likeness (QED) is 0.815. The number of anilines is 2. The van der Waals surface area contributed by atoms with Gasteiger partial charge in [-0.2, -0.15) is 0 Å². The normalized spacial score (nSPS) is 14.8. The van der Waals surface area contributed by atoms with Crippen LogP contribution in [0.5, 0.6) is 5.75 Å². The predicted molar refractivity (Wildman–Crippen MR) is 111 cm³/mol. The number of nitrogens with zero attached hydrogens (tertiary/aromatic N) is 2. The summed E-state index contributed by atoms with van der Waals surface area (Å²) in [6, 6.07) is 16.2. The Morgan fingerprint density at radius 2 is 1.74 bits per heavy atom. The van der Waals surface area contributed by atoms with E-state index in [4.69, 9.17) is 4.74 Å². The van der Waals surface area contributed by atoms with Crippen molar-refractivity contribution in [3.05, 3.63) is 54.1 Å². The summed E-state index contributed by atoms with van der Waals surface area (Å²) in [7, 11) is 1.71. The second-order valence-corrected chi connectivity index (χ2v) is 6.85. The molecule has 0 aliphatic carbocycles. The number of nitrogens with one attached hydrogen (secondary N) is 1. The van der Waals surface area contributed by atoms with Crippen molar-refractivity contribution in [3.63, 3.8) is 0 Å². The van der Waals surface area contributed by atoms with E-state index >= 15 is 0 Å². The first-order valence-corrected chi connectivity index (χ1v) is 9.68. The lowest BCUT2D eigenvalue weighted by molar-refractivity contribution is -0.116. The van der Waals surface area contributed by atoms with Gasteiger partial charge in [-0.3, -0.25) is 9.69 Å². The van der Waals surface area contributed by atoms with Gasteiger partial charge in [-0.1, -0.05) is 31.2 Å². The molecule has 1 saturated heterocycles. The van der Waals surface area contributed by atoms with E-state index in [1.807, 2.05) is 30.3 Å². The van der Waals surface area contributed by atoms with E-state index < -0.39 is 0 Å². The molecule has 3 rings (SSSR count). The molecule has 144 valence electrons. The van der Waals surface area contributed by atoms with Crippen molar-refractivity contribution in [2.45, 2.75) is 19.8 Å². The van der Waals surface area contributed by atoms with Gasteiger partial charge in [0.1, 0.15) is 5.75 Å². The first kappa shape index (κ1) is 19.2. The van der Waals surface area contributed by atoms with Crippen LogP contribution in [0.1, 0.15) is 18.9 Å². The van der Waals surface area contributed by atoms with E-state index in [0.717, 1.165) is 56.3 Å². The van der Waals surface area contributed by atoms with Crippen molar-refractivity contribution in [2.24, 2.45) is 0 Å². The average molecular weight is 367 g/mol. The Morgan fingerprint density at radius 1 is 1.04 bits per heavy atom. The van der Waals surface area contributed by atoms with Crippen molar-refractivity contribution in [1.29, 1.82) is 0 Å². The third-order valence-corrected chi connectivity index (χ3v) is 5.10. The van der Waals surface area contributed by atoms with Crippen LogP contribution in [0.3, 0.4) is 0 Å². The number of para-hydroxylation sites is 2. The summed E-state index contributed by atoms with van der Waals surface area (Å²) in [5.74, 6) is 0.992. The molecule has 1 fully saturated rings. The van der Waals surface area contributed by atoms with Crippen molar-refractivity contribution in [1.82, 2.24) is 4.90 Å². The standard InChI is InChI=1S/C22H29N3O2/c1-3-18-8-10-19(11-9-18)23-22(26)12-13-24-14-16-25(17-15-24)20-6-4-5-7-21(20)27-2/h4-11H,3,12-17H2,1-2H3,(H,23,26). The minimum Gasteiger partial charge on any atom is -0.495 e. The van der Waals surface area contributed by atoms with Crippen LogP contribution in [0.4, 0.5) is 11.4 Å². The lowest BCUT2D eigenvalue weighted by Crippen LogP contribution is -2.47. The van der Waals surface area contributed by atoms with Gasteiger partial charge in [0.2, 0.25) is 5.91 Å². The van der Waals surface area contributed by atoms with Gasteiger partial charge in [-0.15, -0.1) is 0 Å². The van der Waals surface area contributed by atoms with Crippen molar-refractivity contribution < 1.29 is 9.53 Å². The molecule has 0 bridgehead atoms. The molecule has 5 nitrogen and oxygen atoms in total. The number of amides is 1. The van der Waals surface area contributed by atoms with Gasteiger partial charge in [0.05, 0.1) is 12.8 Å². The maximum atomic E-state index is 12.2. The fraction of sp³-hybridized carbons (Fsp3) is 0.409. The van der Waals surface area contributed by atoms with Gasteiger partial charge >= 0.3 is 0 Å². The lowest BCUT2D eigenvalue weighted by Gasteiger charge is -2.36. The monoisotopic (exact) mass is 367 g/mol. The Balaban J connectivity index is 1.43. The van der Waals surface area contributed by atoms with Gasteiger partial charge in [0.25, 0.3) is 0 Å². The van der Waals surface area contributed by atoms with E-state index in [1.54, 1.807) is 7.11 Å². The summed E-state index contributed by atoms with van der Waals surface area (Å²) in [4.78, 5) is 16.9. The minimum atomic E-state index is 0.0754. The molecule has 1 aliphatic heterocycles. The SMILES string of the molecule is CCc1ccc(NC(=O)CCN2CCN(c3ccccc3OC)CC2)cc1. The van der Waals surface area contributed by atoms with Crippen LogP contribution < -0.4 is 15.0 Å². The molecule has 0 saturated carbocycles. The largest absolute Gasteiger partial charge is 0.495 e. The molecule has 5 heteroatoms. The maximum absolute atomic E-state index is 12.2. The fourth-order valence-corrected chi connectivity index (χ4v) is 3.41. The summed E-state index contributed by atoms with van der Waals surface area (Å²) in [5.41, 5.74) is 3.30. The number of carbonyl (C=O) groups excluding carboxylic acids is 1. The number of hydrogen-bond acceptors (Lipinski definition) is 4. The molecule has 1 amide bonds. The number of hydrogen-bond donors (Lipinski definition) is 1. The molecular formula is C22H29N3O2. The molecule has 2 aromatic rings. The first-order valence-electron chi connectivity index (χ1n) is 9.68. The summed E-state index contributed by atoms with van der Waals surface area (Å²) in [6.45, 7) is 6.72. The summed E-state index contributed by atoms with van der Waals surface area (Å²) in [6.07, 6.45) is 1.53. The lowest BCUT2D eigenvalue weighted by atomic mass is 10.1. The van der Waals surface area contributed by atoms with Crippen LogP contribution in [0.2, 0.25) is 0 Å². The predicted octanol–water partition coefficient (Wildman–Crippen LogP) is 3.41. The Labute approximate surface area is 161 Å². The topological polar surface area (TPSA) is 44.8 Å².